The Balaban J connectivity index is 2.49. The van der Waals surface area contributed by atoms with Crippen molar-refractivity contribution in [2.75, 3.05) is 0 Å². The molecule has 0 saturated heterocycles. The molecule has 0 heterocycles. The van der Waals surface area contributed by atoms with E-state index >= 15 is 0 Å². The maximum atomic E-state index is 10.1. The summed E-state index contributed by atoms with van der Waals surface area (Å²) < 4.78 is 0. The summed E-state index contributed by atoms with van der Waals surface area (Å²) in [4.78, 5) is 10.1. The van der Waals surface area contributed by atoms with Crippen molar-refractivity contribution in [2.45, 2.75) is 39.0 Å². The second-order valence-electron chi connectivity index (χ2n) is 3.79. The molecule has 0 aromatic rings. The van der Waals surface area contributed by atoms with E-state index in [1.807, 2.05) is 13.0 Å². The normalized spacial score (nSPS) is 18.6. The summed E-state index contributed by atoms with van der Waals surface area (Å²) in [5.41, 5.74) is 2.69. The second-order valence-corrected chi connectivity index (χ2v) is 3.79. The molecule has 0 atom stereocenters. The van der Waals surface area contributed by atoms with Gasteiger partial charge >= 0.3 is 0 Å². The average Bonchev–Trinajstić information content (AvgIpc) is 2.25. The van der Waals surface area contributed by atoms with Crippen LogP contribution in [0.1, 0.15) is 39.0 Å². The molecule has 1 rings (SSSR count). The predicted molar refractivity (Wildman–Crippen MR) is 60.1 cm³/mol. The molecule has 0 aromatic carbocycles. The lowest BCUT2D eigenvalue weighted by molar-refractivity contribution is -0.104. The molecule has 0 radical (unpaired) electrons. The second kappa shape index (κ2) is 6.36. The van der Waals surface area contributed by atoms with Gasteiger partial charge in [-0.1, -0.05) is 35.8 Å². The van der Waals surface area contributed by atoms with Crippen LogP contribution in [-0.4, -0.2) is 6.29 Å². The standard InChI is InChI=1S/C13H18O/c1-12(6-5-11-14)9-10-13-7-3-2-4-8-13/h5-6,9-11H,2-4,7-8H2,1H3/b6-5+,12-9+. The van der Waals surface area contributed by atoms with Crippen LogP contribution < -0.4 is 0 Å². The molecule has 0 bridgehead atoms. The molecule has 1 fully saturated rings. The summed E-state index contributed by atoms with van der Waals surface area (Å²) >= 11 is 0. The van der Waals surface area contributed by atoms with E-state index in [-0.39, 0.29) is 0 Å². The summed E-state index contributed by atoms with van der Waals surface area (Å²) in [5, 5.41) is 0. The topological polar surface area (TPSA) is 17.1 Å². The number of carbonyl (C=O) groups excluding carboxylic acids is 1. The molecule has 0 unspecified atom stereocenters. The molecular weight excluding hydrogens is 172 g/mol. The third kappa shape index (κ3) is 4.22. The van der Waals surface area contributed by atoms with Gasteiger partial charge in [0, 0.05) is 0 Å². The fraction of sp³-hybridized carbons (Fsp3) is 0.462. The fourth-order valence-electron chi connectivity index (χ4n) is 1.67. The van der Waals surface area contributed by atoms with Gasteiger partial charge in [-0.05, 0) is 38.7 Å². The molecular formula is C13H18O. The van der Waals surface area contributed by atoms with Crippen molar-refractivity contribution in [1.82, 2.24) is 0 Å². The van der Waals surface area contributed by atoms with Crippen LogP contribution in [0.2, 0.25) is 0 Å². The van der Waals surface area contributed by atoms with E-state index in [1.165, 1.54) is 38.2 Å². The molecule has 14 heavy (non-hydrogen) atoms. The Labute approximate surface area is 86.2 Å². The van der Waals surface area contributed by atoms with Crippen molar-refractivity contribution < 1.29 is 4.79 Å². The Kier molecular flexibility index (Phi) is 4.98. The van der Waals surface area contributed by atoms with Crippen LogP contribution in [0.15, 0.2) is 35.5 Å². The highest BCUT2D eigenvalue weighted by Crippen LogP contribution is 2.22. The monoisotopic (exact) mass is 190 g/mol. The number of aldehydes is 1. The van der Waals surface area contributed by atoms with E-state index in [9.17, 15) is 4.79 Å². The zero-order valence-corrected chi connectivity index (χ0v) is 8.83. The van der Waals surface area contributed by atoms with E-state index in [0.29, 0.717) is 0 Å². The van der Waals surface area contributed by atoms with Gasteiger partial charge in [-0.2, -0.15) is 0 Å². The van der Waals surface area contributed by atoms with Crippen molar-refractivity contribution in [2.24, 2.45) is 0 Å². The third-order valence-electron chi connectivity index (χ3n) is 2.52. The van der Waals surface area contributed by atoms with Crippen molar-refractivity contribution >= 4 is 6.29 Å². The lowest BCUT2D eigenvalue weighted by Crippen LogP contribution is -1.92. The highest BCUT2D eigenvalue weighted by atomic mass is 16.1. The summed E-state index contributed by atoms with van der Waals surface area (Å²) in [6, 6.07) is 0. The first kappa shape index (κ1) is 11.0. The van der Waals surface area contributed by atoms with Gasteiger partial charge in [0.05, 0.1) is 0 Å². The molecule has 1 aliphatic carbocycles. The van der Waals surface area contributed by atoms with Gasteiger partial charge in [0.1, 0.15) is 6.29 Å². The Bertz CT molecular complexity index is 261. The Morgan fingerprint density at radius 1 is 1.21 bits per heavy atom. The van der Waals surface area contributed by atoms with Crippen molar-refractivity contribution in [3.8, 4) is 0 Å². The predicted octanol–water partition coefficient (Wildman–Crippen LogP) is 3.58. The van der Waals surface area contributed by atoms with E-state index in [4.69, 9.17) is 0 Å². The summed E-state index contributed by atoms with van der Waals surface area (Å²) in [6.07, 6.45) is 15.0. The minimum Gasteiger partial charge on any atom is -0.299 e. The average molecular weight is 190 g/mol. The van der Waals surface area contributed by atoms with E-state index in [2.05, 4.69) is 12.2 Å². The number of hydrogen-bond acceptors (Lipinski definition) is 1. The van der Waals surface area contributed by atoms with Crippen LogP contribution in [-0.2, 0) is 4.79 Å². The van der Waals surface area contributed by atoms with Crippen LogP contribution in [0.3, 0.4) is 0 Å². The summed E-state index contributed by atoms with van der Waals surface area (Å²) in [5.74, 6) is 0. The first-order valence-corrected chi connectivity index (χ1v) is 5.31. The number of allylic oxidation sites excluding steroid dienone is 6. The van der Waals surface area contributed by atoms with Crippen LogP contribution >= 0.6 is 0 Å². The van der Waals surface area contributed by atoms with Crippen LogP contribution in [0.25, 0.3) is 0 Å². The summed E-state index contributed by atoms with van der Waals surface area (Å²) in [6.45, 7) is 2.01. The first-order valence-electron chi connectivity index (χ1n) is 5.31. The molecule has 1 heteroatoms. The maximum absolute atomic E-state index is 10.1. The minimum absolute atomic E-state index is 0.811. The lowest BCUT2D eigenvalue weighted by Gasteiger charge is -2.12. The minimum atomic E-state index is 0.811. The first-order chi connectivity index (χ1) is 6.83. The molecule has 0 aliphatic heterocycles. The van der Waals surface area contributed by atoms with Crippen LogP contribution in [0.4, 0.5) is 0 Å². The quantitative estimate of drug-likeness (QED) is 0.377. The Morgan fingerprint density at radius 2 is 1.93 bits per heavy atom. The fourth-order valence-corrected chi connectivity index (χ4v) is 1.67. The van der Waals surface area contributed by atoms with Gasteiger partial charge in [-0.3, -0.25) is 4.79 Å². The van der Waals surface area contributed by atoms with Gasteiger partial charge < -0.3 is 0 Å². The number of carbonyl (C=O) groups is 1. The molecule has 1 aliphatic rings. The molecule has 1 nitrogen and oxygen atoms in total. The molecule has 0 amide bonds. The maximum Gasteiger partial charge on any atom is 0.142 e. The van der Waals surface area contributed by atoms with Gasteiger partial charge in [-0.25, -0.2) is 0 Å². The van der Waals surface area contributed by atoms with E-state index in [1.54, 1.807) is 5.57 Å². The third-order valence-corrected chi connectivity index (χ3v) is 2.52. The number of rotatable bonds is 3. The highest BCUT2D eigenvalue weighted by molar-refractivity contribution is 5.65. The SMILES string of the molecule is CC(/C=C/C=O)=C\C=C1CCCCC1. The van der Waals surface area contributed by atoms with E-state index < -0.39 is 0 Å². The highest BCUT2D eigenvalue weighted by Gasteiger charge is 2.03. The molecule has 76 valence electrons. The van der Waals surface area contributed by atoms with Crippen molar-refractivity contribution in [3.05, 3.63) is 35.5 Å². The Hall–Kier alpha value is -1.11. The van der Waals surface area contributed by atoms with Crippen LogP contribution in [0, 0.1) is 0 Å². The number of hydrogen-bond donors (Lipinski definition) is 0. The van der Waals surface area contributed by atoms with Gasteiger partial charge in [0.25, 0.3) is 0 Å². The van der Waals surface area contributed by atoms with Crippen molar-refractivity contribution in [3.63, 3.8) is 0 Å². The summed E-state index contributed by atoms with van der Waals surface area (Å²) in [7, 11) is 0. The van der Waals surface area contributed by atoms with Gasteiger partial charge in [0.2, 0.25) is 0 Å². The largest absolute Gasteiger partial charge is 0.299 e. The lowest BCUT2D eigenvalue weighted by atomic mass is 9.94. The van der Waals surface area contributed by atoms with Gasteiger partial charge in [0.15, 0.2) is 0 Å². The molecule has 0 aromatic heterocycles. The smallest absolute Gasteiger partial charge is 0.142 e. The molecule has 0 spiro atoms. The zero-order chi connectivity index (χ0) is 10.2. The molecule has 0 N–H and O–H groups in total. The Morgan fingerprint density at radius 3 is 2.57 bits per heavy atom. The van der Waals surface area contributed by atoms with Gasteiger partial charge in [-0.15, -0.1) is 0 Å². The van der Waals surface area contributed by atoms with Crippen LogP contribution in [0.5, 0.6) is 0 Å². The van der Waals surface area contributed by atoms with E-state index in [0.717, 1.165) is 11.9 Å². The van der Waals surface area contributed by atoms with Crippen molar-refractivity contribution in [1.29, 1.82) is 0 Å². The molecule has 1 saturated carbocycles. The zero-order valence-electron chi connectivity index (χ0n) is 8.83.